The standard InChI is InChI=1S/C22H18FN3OS2/c1-12-4-9-17(13(2)10-12)18(27)11-28-22-20-21(29-14(3)24-20)19(25-26-22)15-5-7-16(23)8-6-15/h4-10H,11H2,1-3H3. The molecule has 29 heavy (non-hydrogen) atoms. The van der Waals surface area contributed by atoms with E-state index in [-0.39, 0.29) is 17.4 Å². The largest absolute Gasteiger partial charge is 0.293 e. The summed E-state index contributed by atoms with van der Waals surface area (Å²) in [7, 11) is 0. The van der Waals surface area contributed by atoms with Gasteiger partial charge in [-0.3, -0.25) is 4.79 Å². The van der Waals surface area contributed by atoms with Crippen molar-refractivity contribution in [1.82, 2.24) is 15.2 Å². The lowest BCUT2D eigenvalue weighted by molar-refractivity contribution is 0.102. The third kappa shape index (κ3) is 4.06. The lowest BCUT2D eigenvalue weighted by atomic mass is 10.0. The third-order valence-electron chi connectivity index (χ3n) is 4.53. The fourth-order valence-electron chi connectivity index (χ4n) is 3.15. The van der Waals surface area contributed by atoms with Gasteiger partial charge < -0.3 is 0 Å². The molecule has 0 amide bonds. The first-order valence-electron chi connectivity index (χ1n) is 9.05. The molecule has 7 heteroatoms. The number of thiazole rings is 1. The first-order chi connectivity index (χ1) is 13.9. The molecule has 0 spiro atoms. The summed E-state index contributed by atoms with van der Waals surface area (Å²) in [5.74, 6) is 0.0210. The van der Waals surface area contributed by atoms with Crippen molar-refractivity contribution in [2.24, 2.45) is 0 Å². The fraction of sp³-hybridized carbons (Fsp3) is 0.182. The molecular weight excluding hydrogens is 405 g/mol. The highest BCUT2D eigenvalue weighted by Gasteiger charge is 2.18. The number of carbonyl (C=O) groups excluding carboxylic acids is 1. The molecule has 4 nitrogen and oxygen atoms in total. The molecule has 0 atom stereocenters. The summed E-state index contributed by atoms with van der Waals surface area (Å²) in [5.41, 5.74) is 5.03. The number of hydrogen-bond acceptors (Lipinski definition) is 6. The Bertz CT molecular complexity index is 1220. The van der Waals surface area contributed by atoms with Gasteiger partial charge in [0.05, 0.1) is 15.5 Å². The number of thioether (sulfide) groups is 1. The quantitative estimate of drug-likeness (QED) is 0.300. The molecule has 4 rings (SSSR count). The molecule has 0 unspecified atom stereocenters. The molecule has 0 saturated heterocycles. The van der Waals surface area contributed by atoms with Crippen molar-refractivity contribution in [3.63, 3.8) is 0 Å². The minimum absolute atomic E-state index is 0.0528. The van der Waals surface area contributed by atoms with Crippen LogP contribution in [-0.4, -0.2) is 26.7 Å². The molecule has 0 saturated carbocycles. The van der Waals surface area contributed by atoms with Crippen molar-refractivity contribution < 1.29 is 9.18 Å². The Labute approximate surface area is 176 Å². The molecule has 146 valence electrons. The Balaban J connectivity index is 1.64. The maximum absolute atomic E-state index is 13.3. The number of ketones is 1. The minimum atomic E-state index is -0.296. The molecule has 0 aliphatic heterocycles. The van der Waals surface area contributed by atoms with E-state index in [1.165, 1.54) is 35.2 Å². The number of fused-ring (bicyclic) bond motifs is 1. The predicted octanol–water partition coefficient (Wildman–Crippen LogP) is 5.79. The Kier molecular flexibility index (Phi) is 5.43. The second kappa shape index (κ2) is 8.00. The van der Waals surface area contributed by atoms with Crippen molar-refractivity contribution in [2.75, 3.05) is 5.75 Å². The van der Waals surface area contributed by atoms with Crippen molar-refractivity contribution in [2.45, 2.75) is 25.8 Å². The van der Waals surface area contributed by atoms with Crippen LogP contribution >= 0.6 is 23.1 Å². The molecule has 0 bridgehead atoms. The smallest absolute Gasteiger partial charge is 0.173 e. The van der Waals surface area contributed by atoms with Gasteiger partial charge in [0.1, 0.15) is 22.1 Å². The van der Waals surface area contributed by atoms with E-state index in [4.69, 9.17) is 0 Å². The van der Waals surface area contributed by atoms with E-state index < -0.39 is 0 Å². The van der Waals surface area contributed by atoms with Crippen LogP contribution in [0.2, 0.25) is 0 Å². The van der Waals surface area contributed by atoms with E-state index in [1.807, 2.05) is 39.0 Å². The van der Waals surface area contributed by atoms with Gasteiger partial charge in [-0.15, -0.1) is 21.5 Å². The monoisotopic (exact) mass is 423 g/mol. The molecule has 2 aromatic heterocycles. The van der Waals surface area contributed by atoms with Crippen molar-refractivity contribution in [1.29, 1.82) is 0 Å². The Hall–Kier alpha value is -2.64. The number of halogens is 1. The second-order valence-electron chi connectivity index (χ2n) is 6.80. The summed E-state index contributed by atoms with van der Waals surface area (Å²) in [6.07, 6.45) is 0. The number of Topliss-reactive ketones (excluding diaryl/α,β-unsaturated/α-hetero) is 1. The molecule has 2 heterocycles. The Morgan fingerprint density at radius 1 is 1.07 bits per heavy atom. The molecule has 4 aromatic rings. The molecule has 0 N–H and O–H groups in total. The number of hydrogen-bond donors (Lipinski definition) is 0. The minimum Gasteiger partial charge on any atom is -0.293 e. The van der Waals surface area contributed by atoms with E-state index in [0.717, 1.165) is 37.5 Å². The maximum atomic E-state index is 13.3. The lowest BCUT2D eigenvalue weighted by Crippen LogP contribution is -2.05. The number of aryl methyl sites for hydroxylation is 3. The summed E-state index contributed by atoms with van der Waals surface area (Å²) in [6.45, 7) is 5.88. The lowest BCUT2D eigenvalue weighted by Gasteiger charge is -2.07. The zero-order chi connectivity index (χ0) is 20.5. The number of rotatable bonds is 5. The number of benzene rings is 2. The zero-order valence-electron chi connectivity index (χ0n) is 16.2. The van der Waals surface area contributed by atoms with Crippen LogP contribution in [0.3, 0.4) is 0 Å². The average Bonchev–Trinajstić information content (AvgIpc) is 3.08. The number of carbonyl (C=O) groups is 1. The van der Waals surface area contributed by atoms with Crippen LogP contribution in [-0.2, 0) is 0 Å². The fourth-order valence-corrected chi connectivity index (χ4v) is 4.95. The SMILES string of the molecule is Cc1ccc(C(=O)CSc2nnc(-c3ccc(F)cc3)c3sc(C)nc23)c(C)c1. The second-order valence-corrected chi connectivity index (χ2v) is 8.97. The number of aromatic nitrogens is 3. The maximum Gasteiger partial charge on any atom is 0.173 e. The van der Waals surface area contributed by atoms with Crippen molar-refractivity contribution in [3.05, 3.63) is 70.0 Å². The van der Waals surface area contributed by atoms with Gasteiger partial charge in [-0.1, -0.05) is 35.5 Å². The summed E-state index contributed by atoms with van der Waals surface area (Å²) in [5, 5.41) is 10.2. The molecule has 2 aromatic carbocycles. The highest BCUT2D eigenvalue weighted by molar-refractivity contribution is 8.00. The molecule has 0 aliphatic rings. The average molecular weight is 424 g/mol. The van der Waals surface area contributed by atoms with Gasteiger partial charge in [-0.25, -0.2) is 9.37 Å². The van der Waals surface area contributed by atoms with Gasteiger partial charge >= 0.3 is 0 Å². The highest BCUT2D eigenvalue weighted by atomic mass is 32.2. The van der Waals surface area contributed by atoms with Crippen LogP contribution in [0.5, 0.6) is 0 Å². The first-order valence-corrected chi connectivity index (χ1v) is 10.9. The molecule has 0 fully saturated rings. The summed E-state index contributed by atoms with van der Waals surface area (Å²) >= 11 is 2.87. The van der Waals surface area contributed by atoms with Crippen LogP contribution in [0.1, 0.15) is 26.5 Å². The normalized spacial score (nSPS) is 11.2. The first kappa shape index (κ1) is 19.7. The topological polar surface area (TPSA) is 55.7 Å². The van der Waals surface area contributed by atoms with E-state index in [0.29, 0.717) is 10.7 Å². The Morgan fingerprint density at radius 2 is 1.83 bits per heavy atom. The Morgan fingerprint density at radius 3 is 2.55 bits per heavy atom. The van der Waals surface area contributed by atoms with Gasteiger partial charge in [0.25, 0.3) is 0 Å². The van der Waals surface area contributed by atoms with Gasteiger partial charge in [0.2, 0.25) is 0 Å². The van der Waals surface area contributed by atoms with Gasteiger partial charge in [0, 0.05) is 11.1 Å². The van der Waals surface area contributed by atoms with Gasteiger partial charge in [0.15, 0.2) is 5.78 Å². The molecule has 0 radical (unpaired) electrons. The van der Waals surface area contributed by atoms with E-state index >= 15 is 0 Å². The predicted molar refractivity (Wildman–Crippen MR) is 116 cm³/mol. The van der Waals surface area contributed by atoms with E-state index in [9.17, 15) is 9.18 Å². The van der Waals surface area contributed by atoms with E-state index in [2.05, 4.69) is 15.2 Å². The number of nitrogens with zero attached hydrogens (tertiary/aromatic N) is 3. The summed E-state index contributed by atoms with van der Waals surface area (Å²) in [6, 6.07) is 12.0. The highest BCUT2D eigenvalue weighted by Crippen LogP contribution is 2.35. The summed E-state index contributed by atoms with van der Waals surface area (Å²) < 4.78 is 14.2. The third-order valence-corrected chi connectivity index (χ3v) is 6.47. The molecule has 0 aliphatic carbocycles. The van der Waals surface area contributed by atoms with Crippen LogP contribution < -0.4 is 0 Å². The van der Waals surface area contributed by atoms with E-state index in [1.54, 1.807) is 12.1 Å². The summed E-state index contributed by atoms with van der Waals surface area (Å²) in [4.78, 5) is 17.3. The van der Waals surface area contributed by atoms with Gasteiger partial charge in [-0.2, -0.15) is 0 Å². The van der Waals surface area contributed by atoms with Crippen LogP contribution in [0, 0.1) is 26.6 Å². The van der Waals surface area contributed by atoms with Gasteiger partial charge in [-0.05, 0) is 50.6 Å². The van der Waals surface area contributed by atoms with Crippen molar-refractivity contribution in [3.8, 4) is 11.3 Å². The van der Waals surface area contributed by atoms with Crippen LogP contribution in [0.4, 0.5) is 4.39 Å². The zero-order valence-corrected chi connectivity index (χ0v) is 17.8. The van der Waals surface area contributed by atoms with Crippen molar-refractivity contribution >= 4 is 39.1 Å². The molecular formula is C22H18FN3OS2. The van der Waals surface area contributed by atoms with Crippen LogP contribution in [0.25, 0.3) is 21.5 Å². The van der Waals surface area contributed by atoms with Crippen LogP contribution in [0.15, 0.2) is 47.5 Å².